The molecule has 3 amide bonds. The molecule has 3 rings (SSSR count). The van der Waals surface area contributed by atoms with Gasteiger partial charge in [0.1, 0.15) is 6.04 Å². The first-order chi connectivity index (χ1) is 13.3. The van der Waals surface area contributed by atoms with Gasteiger partial charge in [-0.2, -0.15) is 0 Å². The molecular weight excluding hydrogens is 360 g/mol. The zero-order valence-corrected chi connectivity index (χ0v) is 16.4. The maximum Gasteiger partial charge on any atom is 0.329 e. The summed E-state index contributed by atoms with van der Waals surface area (Å²) < 4.78 is 5.24. The van der Waals surface area contributed by atoms with Crippen molar-refractivity contribution in [2.24, 2.45) is 11.8 Å². The van der Waals surface area contributed by atoms with Gasteiger partial charge in [-0.3, -0.25) is 19.3 Å². The number of hydrogen-bond donors (Lipinski definition) is 1. The lowest BCUT2D eigenvalue weighted by molar-refractivity contribution is -0.163. The first kappa shape index (κ1) is 20.0. The number of fused-ring (bicyclic) bond motifs is 1. The number of carbonyl (C=O) groups is 4. The summed E-state index contributed by atoms with van der Waals surface area (Å²) in [5.74, 6) is -2.46. The molecule has 7 heteroatoms. The molecule has 2 fully saturated rings. The second-order valence-electron chi connectivity index (χ2n) is 7.65. The van der Waals surface area contributed by atoms with E-state index in [0.717, 1.165) is 23.3 Å². The fraction of sp³-hybridized carbons (Fsp3) is 0.524. The zero-order valence-electron chi connectivity index (χ0n) is 16.4. The van der Waals surface area contributed by atoms with Crippen LogP contribution in [0.2, 0.25) is 0 Å². The average molecular weight is 386 g/mol. The molecule has 0 unspecified atom stereocenters. The number of aryl methyl sites for hydroxylation is 1. The van der Waals surface area contributed by atoms with Gasteiger partial charge >= 0.3 is 5.97 Å². The van der Waals surface area contributed by atoms with Crippen LogP contribution in [0.15, 0.2) is 24.3 Å². The van der Waals surface area contributed by atoms with Crippen LogP contribution in [0.5, 0.6) is 0 Å². The predicted molar refractivity (Wildman–Crippen MR) is 102 cm³/mol. The molecule has 0 aromatic heterocycles. The largest absolute Gasteiger partial charge is 0.451 e. The summed E-state index contributed by atoms with van der Waals surface area (Å²) in [5, 5.41) is 2.68. The van der Waals surface area contributed by atoms with Crippen molar-refractivity contribution >= 4 is 29.4 Å². The SMILES string of the molecule is Cc1ccc(NC(=O)[C@H](C)OC(=O)[C@H](C)N2C(=O)[C@H]3CCCC[C@@H]3C2=O)cc1. The number of hydrogen-bond acceptors (Lipinski definition) is 5. The third-order valence-corrected chi connectivity index (χ3v) is 5.58. The molecule has 1 aromatic carbocycles. The second kappa shape index (κ2) is 8.12. The Morgan fingerprint density at radius 2 is 1.57 bits per heavy atom. The fourth-order valence-electron chi connectivity index (χ4n) is 3.88. The molecule has 4 atom stereocenters. The third kappa shape index (κ3) is 3.93. The fourth-order valence-corrected chi connectivity index (χ4v) is 3.88. The molecule has 1 saturated heterocycles. The van der Waals surface area contributed by atoms with Crippen LogP contribution in [0.3, 0.4) is 0 Å². The predicted octanol–water partition coefficient (Wildman–Crippen LogP) is 2.43. The Balaban J connectivity index is 1.60. The number of carbonyl (C=O) groups excluding carboxylic acids is 4. The number of anilines is 1. The van der Waals surface area contributed by atoms with Crippen molar-refractivity contribution in [2.45, 2.75) is 58.6 Å². The Morgan fingerprint density at radius 1 is 1.04 bits per heavy atom. The van der Waals surface area contributed by atoms with Crippen molar-refractivity contribution in [1.82, 2.24) is 4.90 Å². The molecule has 1 heterocycles. The lowest BCUT2D eigenvalue weighted by Crippen LogP contribution is -2.46. The molecule has 1 N–H and O–H groups in total. The summed E-state index contributed by atoms with van der Waals surface area (Å²) in [7, 11) is 0. The minimum atomic E-state index is -1.05. The Kier molecular flexibility index (Phi) is 5.82. The number of nitrogens with zero attached hydrogens (tertiary/aromatic N) is 1. The second-order valence-corrected chi connectivity index (χ2v) is 7.65. The minimum Gasteiger partial charge on any atom is -0.451 e. The quantitative estimate of drug-likeness (QED) is 0.620. The molecule has 0 bridgehead atoms. The molecule has 1 aromatic rings. The van der Waals surface area contributed by atoms with Crippen LogP contribution < -0.4 is 5.32 Å². The summed E-state index contributed by atoms with van der Waals surface area (Å²) in [6.45, 7) is 4.87. The van der Waals surface area contributed by atoms with Crippen molar-refractivity contribution in [1.29, 1.82) is 0 Å². The minimum absolute atomic E-state index is 0.295. The van der Waals surface area contributed by atoms with Gasteiger partial charge in [0.25, 0.3) is 5.91 Å². The number of ether oxygens (including phenoxy) is 1. The van der Waals surface area contributed by atoms with E-state index in [0.29, 0.717) is 18.5 Å². The van der Waals surface area contributed by atoms with Crippen LogP contribution in [0.1, 0.15) is 45.1 Å². The summed E-state index contributed by atoms with van der Waals surface area (Å²) in [5.41, 5.74) is 1.66. The molecule has 0 spiro atoms. The highest BCUT2D eigenvalue weighted by atomic mass is 16.5. The van der Waals surface area contributed by atoms with Crippen molar-refractivity contribution in [3.05, 3.63) is 29.8 Å². The lowest BCUT2D eigenvalue weighted by atomic mass is 9.81. The molecule has 0 radical (unpaired) electrons. The van der Waals surface area contributed by atoms with Crippen LogP contribution in [0.25, 0.3) is 0 Å². The Bertz CT molecular complexity index is 764. The molecule has 28 heavy (non-hydrogen) atoms. The summed E-state index contributed by atoms with van der Waals surface area (Å²) >= 11 is 0. The summed E-state index contributed by atoms with van der Waals surface area (Å²) in [6, 6.07) is 6.19. The lowest BCUT2D eigenvalue weighted by Gasteiger charge is -2.23. The molecule has 1 aliphatic carbocycles. The molecular formula is C21H26N2O5. The molecule has 1 aliphatic heterocycles. The van der Waals surface area contributed by atoms with Crippen molar-refractivity contribution < 1.29 is 23.9 Å². The first-order valence-electron chi connectivity index (χ1n) is 9.74. The van der Waals surface area contributed by atoms with Crippen LogP contribution in [0, 0.1) is 18.8 Å². The Labute approximate surface area is 164 Å². The van der Waals surface area contributed by atoms with E-state index in [1.54, 1.807) is 12.1 Å². The standard InChI is InChI=1S/C21H26N2O5/c1-12-8-10-15(11-9-12)22-18(24)14(3)28-21(27)13(2)23-19(25)16-6-4-5-7-17(16)20(23)26/h8-11,13-14,16-17H,4-7H2,1-3H3,(H,22,24)/t13-,14-,16-,17-/m0/s1. The summed E-state index contributed by atoms with van der Waals surface area (Å²) in [6.07, 6.45) is 2.16. The normalized spacial score (nSPS) is 23.8. The van der Waals surface area contributed by atoms with Crippen LogP contribution in [-0.4, -0.2) is 40.7 Å². The van der Waals surface area contributed by atoms with E-state index in [2.05, 4.69) is 5.32 Å². The Morgan fingerprint density at radius 3 is 2.11 bits per heavy atom. The van der Waals surface area contributed by atoms with Crippen molar-refractivity contribution in [3.8, 4) is 0 Å². The highest BCUT2D eigenvalue weighted by molar-refractivity contribution is 6.08. The number of esters is 1. The van der Waals surface area contributed by atoms with Gasteiger partial charge in [-0.25, -0.2) is 4.79 Å². The van der Waals surface area contributed by atoms with Gasteiger partial charge < -0.3 is 10.1 Å². The third-order valence-electron chi connectivity index (χ3n) is 5.58. The van der Waals surface area contributed by atoms with Crippen molar-refractivity contribution in [3.63, 3.8) is 0 Å². The van der Waals surface area contributed by atoms with Gasteiger partial charge in [0, 0.05) is 5.69 Å². The average Bonchev–Trinajstić information content (AvgIpc) is 2.93. The van der Waals surface area contributed by atoms with Crippen LogP contribution in [-0.2, 0) is 23.9 Å². The number of likely N-dealkylation sites (tertiary alicyclic amines) is 1. The maximum atomic E-state index is 12.6. The number of rotatable bonds is 5. The number of amides is 3. The van der Waals surface area contributed by atoms with Gasteiger partial charge in [0.05, 0.1) is 11.8 Å². The molecule has 2 aliphatic rings. The maximum absolute atomic E-state index is 12.6. The van der Waals surface area contributed by atoms with E-state index in [4.69, 9.17) is 4.74 Å². The molecule has 150 valence electrons. The van der Waals surface area contributed by atoms with E-state index in [1.807, 2.05) is 19.1 Å². The van der Waals surface area contributed by atoms with Gasteiger partial charge in [-0.1, -0.05) is 30.5 Å². The smallest absolute Gasteiger partial charge is 0.329 e. The highest BCUT2D eigenvalue weighted by Crippen LogP contribution is 2.38. The van der Waals surface area contributed by atoms with E-state index in [9.17, 15) is 19.2 Å². The van der Waals surface area contributed by atoms with E-state index >= 15 is 0 Å². The van der Waals surface area contributed by atoms with Crippen LogP contribution >= 0.6 is 0 Å². The molecule has 7 nitrogen and oxygen atoms in total. The number of benzene rings is 1. The van der Waals surface area contributed by atoms with E-state index in [1.165, 1.54) is 13.8 Å². The zero-order chi connectivity index (χ0) is 20.4. The van der Waals surface area contributed by atoms with Crippen LogP contribution in [0.4, 0.5) is 5.69 Å². The monoisotopic (exact) mass is 386 g/mol. The van der Waals surface area contributed by atoms with Crippen molar-refractivity contribution in [2.75, 3.05) is 5.32 Å². The molecule has 1 saturated carbocycles. The van der Waals surface area contributed by atoms with Gasteiger partial charge in [0.2, 0.25) is 11.8 Å². The highest BCUT2D eigenvalue weighted by Gasteiger charge is 2.51. The summed E-state index contributed by atoms with van der Waals surface area (Å²) in [4.78, 5) is 51.0. The number of imide groups is 1. The number of nitrogens with one attached hydrogen (secondary N) is 1. The van der Waals surface area contributed by atoms with Gasteiger partial charge in [-0.05, 0) is 45.7 Å². The van der Waals surface area contributed by atoms with E-state index < -0.39 is 24.0 Å². The first-order valence-corrected chi connectivity index (χ1v) is 9.74. The van der Waals surface area contributed by atoms with Gasteiger partial charge in [-0.15, -0.1) is 0 Å². The Hall–Kier alpha value is -2.70. The topological polar surface area (TPSA) is 92.8 Å². The van der Waals surface area contributed by atoms with Gasteiger partial charge in [0.15, 0.2) is 6.10 Å². The van der Waals surface area contributed by atoms with E-state index in [-0.39, 0.29) is 23.7 Å².